The van der Waals surface area contributed by atoms with Crippen LogP contribution < -0.4 is 10.6 Å². The van der Waals surface area contributed by atoms with Crippen LogP contribution in [0.25, 0.3) is 0 Å². The predicted molar refractivity (Wildman–Crippen MR) is 61.1 cm³/mol. The number of para-hydroxylation sites is 1. The quantitative estimate of drug-likeness (QED) is 0.554. The smallest absolute Gasteiger partial charge is 0.322 e. The lowest BCUT2D eigenvalue weighted by atomic mass is 10.2. The van der Waals surface area contributed by atoms with Crippen molar-refractivity contribution in [2.45, 2.75) is 0 Å². The summed E-state index contributed by atoms with van der Waals surface area (Å²) in [5.41, 5.74) is 0.0449. The highest BCUT2D eigenvalue weighted by atomic mass is 16.4. The number of nitrogens with one attached hydrogen (secondary N) is 2. The molecule has 0 aliphatic carbocycles. The first-order chi connectivity index (χ1) is 8.50. The minimum absolute atomic E-state index is 0.0449. The summed E-state index contributed by atoms with van der Waals surface area (Å²) >= 11 is 0. The molecule has 0 fully saturated rings. The van der Waals surface area contributed by atoms with E-state index in [1.165, 1.54) is 12.1 Å². The fourth-order valence-electron chi connectivity index (χ4n) is 1.16. The monoisotopic (exact) mass is 252 g/mol. The zero-order valence-electron chi connectivity index (χ0n) is 9.34. The van der Waals surface area contributed by atoms with Crippen LogP contribution in [0.15, 0.2) is 24.3 Å². The molecular weight excluding hydrogens is 240 g/mol. The Hall–Kier alpha value is -2.57. The summed E-state index contributed by atoms with van der Waals surface area (Å²) in [6.45, 7) is -0.869. The van der Waals surface area contributed by atoms with Gasteiger partial charge < -0.3 is 20.8 Å². The summed E-state index contributed by atoms with van der Waals surface area (Å²) in [6, 6.07) is 5.88. The van der Waals surface area contributed by atoms with Crippen molar-refractivity contribution < 1.29 is 24.6 Å². The number of amides is 2. The van der Waals surface area contributed by atoms with Gasteiger partial charge in [0.05, 0.1) is 12.1 Å². The fraction of sp³-hybridized carbons (Fsp3) is 0.182. The molecule has 0 saturated carbocycles. The molecule has 0 atom stereocenters. The molecule has 96 valence electrons. The molecule has 0 aliphatic heterocycles. The number of carbonyl (C=O) groups excluding carboxylic acids is 2. The van der Waals surface area contributed by atoms with Gasteiger partial charge in [-0.15, -0.1) is 0 Å². The number of carboxylic acids is 1. The Kier molecular flexibility index (Phi) is 4.67. The van der Waals surface area contributed by atoms with Crippen molar-refractivity contribution in [3.05, 3.63) is 29.8 Å². The molecule has 0 radical (unpaired) electrons. The second-order valence-electron chi connectivity index (χ2n) is 3.37. The molecule has 0 bridgehead atoms. The van der Waals surface area contributed by atoms with Crippen LogP contribution >= 0.6 is 0 Å². The molecule has 1 aromatic rings. The molecule has 7 nitrogen and oxygen atoms in total. The van der Waals surface area contributed by atoms with Gasteiger partial charge in [-0.1, -0.05) is 12.1 Å². The first-order valence-corrected chi connectivity index (χ1v) is 5.05. The Bertz CT molecular complexity index is 472. The van der Waals surface area contributed by atoms with Crippen molar-refractivity contribution in [3.63, 3.8) is 0 Å². The van der Waals surface area contributed by atoms with Crippen LogP contribution in [0.4, 0.5) is 0 Å². The maximum atomic E-state index is 11.5. The second kappa shape index (κ2) is 6.24. The largest absolute Gasteiger partial charge is 0.507 e. The highest BCUT2D eigenvalue weighted by Gasteiger charge is 2.11. The maximum Gasteiger partial charge on any atom is 0.322 e. The van der Waals surface area contributed by atoms with Gasteiger partial charge in [0, 0.05) is 0 Å². The zero-order valence-corrected chi connectivity index (χ0v) is 9.34. The molecule has 1 rings (SSSR count). The van der Waals surface area contributed by atoms with Gasteiger partial charge in [-0.3, -0.25) is 14.4 Å². The summed E-state index contributed by atoms with van der Waals surface area (Å²) in [4.78, 5) is 32.8. The lowest BCUT2D eigenvalue weighted by Gasteiger charge is -2.06. The Labute approximate surface area is 102 Å². The minimum atomic E-state index is -1.17. The van der Waals surface area contributed by atoms with Gasteiger partial charge in [0.25, 0.3) is 5.91 Å². The molecular formula is C11H12N2O5. The number of aliphatic carboxylic acids is 1. The molecule has 18 heavy (non-hydrogen) atoms. The number of carboxylic acid groups (broad SMARTS) is 1. The minimum Gasteiger partial charge on any atom is -0.507 e. The Morgan fingerprint density at radius 1 is 1.06 bits per heavy atom. The highest BCUT2D eigenvalue weighted by Crippen LogP contribution is 2.14. The summed E-state index contributed by atoms with van der Waals surface area (Å²) in [6.07, 6.45) is 0. The Balaban J connectivity index is 2.45. The van der Waals surface area contributed by atoms with Crippen LogP contribution in [-0.2, 0) is 9.59 Å². The maximum absolute atomic E-state index is 11.5. The number of benzene rings is 1. The summed E-state index contributed by atoms with van der Waals surface area (Å²) in [7, 11) is 0. The van der Waals surface area contributed by atoms with Gasteiger partial charge in [-0.25, -0.2) is 0 Å². The standard InChI is InChI=1S/C11H12N2O5/c14-8-4-2-1-3-7(8)11(18)13-5-9(15)12-6-10(16)17/h1-4,14H,5-6H2,(H,12,15)(H,13,18)(H,16,17). The third-order valence-electron chi connectivity index (χ3n) is 1.99. The molecule has 0 spiro atoms. The van der Waals surface area contributed by atoms with E-state index in [2.05, 4.69) is 10.6 Å². The van der Waals surface area contributed by atoms with Crippen LogP contribution in [-0.4, -0.2) is 41.1 Å². The SMILES string of the molecule is O=C(O)CNC(=O)CNC(=O)c1ccccc1O. The van der Waals surface area contributed by atoms with Crippen LogP contribution in [0.2, 0.25) is 0 Å². The first-order valence-electron chi connectivity index (χ1n) is 5.05. The van der Waals surface area contributed by atoms with E-state index in [9.17, 15) is 19.5 Å². The number of rotatable bonds is 5. The predicted octanol–water partition coefficient (Wildman–Crippen LogP) is -0.677. The third-order valence-corrected chi connectivity index (χ3v) is 1.99. The summed E-state index contributed by atoms with van der Waals surface area (Å²) in [5, 5.41) is 22.0. The van der Waals surface area contributed by atoms with E-state index >= 15 is 0 Å². The van der Waals surface area contributed by atoms with Crippen molar-refractivity contribution in [1.82, 2.24) is 10.6 Å². The second-order valence-corrected chi connectivity index (χ2v) is 3.37. The summed E-state index contributed by atoms with van der Waals surface area (Å²) in [5.74, 6) is -2.60. The number of carbonyl (C=O) groups is 3. The van der Waals surface area contributed by atoms with Crippen molar-refractivity contribution >= 4 is 17.8 Å². The van der Waals surface area contributed by atoms with Gasteiger partial charge >= 0.3 is 5.97 Å². The lowest BCUT2D eigenvalue weighted by molar-refractivity contribution is -0.137. The third kappa shape index (κ3) is 4.12. The van der Waals surface area contributed by atoms with Crippen molar-refractivity contribution in [2.75, 3.05) is 13.1 Å². The molecule has 0 unspecified atom stereocenters. The number of phenolic OH excluding ortho intramolecular Hbond substituents is 1. The van der Waals surface area contributed by atoms with Gasteiger partial charge in [0.1, 0.15) is 12.3 Å². The zero-order chi connectivity index (χ0) is 13.5. The molecule has 4 N–H and O–H groups in total. The van der Waals surface area contributed by atoms with Crippen LogP contribution in [0, 0.1) is 0 Å². The van der Waals surface area contributed by atoms with Gasteiger partial charge in [0.2, 0.25) is 5.91 Å². The number of hydrogen-bond donors (Lipinski definition) is 4. The fourth-order valence-corrected chi connectivity index (χ4v) is 1.16. The molecule has 0 saturated heterocycles. The number of aromatic hydroxyl groups is 1. The van der Waals surface area contributed by atoms with Gasteiger partial charge in [-0.2, -0.15) is 0 Å². The molecule has 7 heteroatoms. The normalized spacial score (nSPS) is 9.56. The average Bonchev–Trinajstić information content (AvgIpc) is 2.34. The van der Waals surface area contributed by atoms with E-state index in [1.54, 1.807) is 12.1 Å². The lowest BCUT2D eigenvalue weighted by Crippen LogP contribution is -2.39. The molecule has 1 aromatic carbocycles. The van der Waals surface area contributed by atoms with E-state index in [0.717, 1.165) is 0 Å². The van der Waals surface area contributed by atoms with Crippen molar-refractivity contribution in [2.24, 2.45) is 0 Å². The van der Waals surface area contributed by atoms with Crippen LogP contribution in [0.3, 0.4) is 0 Å². The van der Waals surface area contributed by atoms with E-state index in [1.807, 2.05) is 0 Å². The Morgan fingerprint density at radius 3 is 2.33 bits per heavy atom. The van der Waals surface area contributed by atoms with Crippen LogP contribution in [0.1, 0.15) is 10.4 Å². The van der Waals surface area contributed by atoms with E-state index in [0.29, 0.717) is 0 Å². The van der Waals surface area contributed by atoms with E-state index in [-0.39, 0.29) is 17.9 Å². The number of hydrogen-bond acceptors (Lipinski definition) is 4. The number of phenols is 1. The summed E-state index contributed by atoms with van der Waals surface area (Å²) < 4.78 is 0. The average molecular weight is 252 g/mol. The van der Waals surface area contributed by atoms with Crippen molar-refractivity contribution in [3.8, 4) is 5.75 Å². The highest BCUT2D eigenvalue weighted by molar-refractivity contribution is 5.98. The molecule has 0 aliphatic rings. The van der Waals surface area contributed by atoms with Crippen LogP contribution in [0.5, 0.6) is 5.75 Å². The molecule has 2 amide bonds. The topological polar surface area (TPSA) is 116 Å². The van der Waals surface area contributed by atoms with E-state index < -0.39 is 24.3 Å². The van der Waals surface area contributed by atoms with Gasteiger partial charge in [-0.05, 0) is 12.1 Å². The molecule has 0 heterocycles. The van der Waals surface area contributed by atoms with Crippen molar-refractivity contribution in [1.29, 1.82) is 0 Å². The van der Waals surface area contributed by atoms with E-state index in [4.69, 9.17) is 5.11 Å². The molecule has 0 aromatic heterocycles. The van der Waals surface area contributed by atoms with Gasteiger partial charge in [0.15, 0.2) is 0 Å². The Morgan fingerprint density at radius 2 is 1.72 bits per heavy atom. The first kappa shape index (κ1) is 13.5.